The molecule has 20 heavy (non-hydrogen) atoms. The predicted octanol–water partition coefficient (Wildman–Crippen LogP) is 2.39. The third kappa shape index (κ3) is 3.59. The van der Waals surface area contributed by atoms with E-state index < -0.39 is 12.0 Å². The van der Waals surface area contributed by atoms with Crippen LogP contribution in [0.5, 0.6) is 0 Å². The maximum Gasteiger partial charge on any atom is 0.326 e. The minimum absolute atomic E-state index is 0.0259. The molecule has 1 amide bonds. The van der Waals surface area contributed by atoms with E-state index in [2.05, 4.69) is 24.3 Å². The Morgan fingerprint density at radius 1 is 1.30 bits per heavy atom. The summed E-state index contributed by atoms with van der Waals surface area (Å²) in [6, 6.07) is 7.68. The summed E-state index contributed by atoms with van der Waals surface area (Å²) in [4.78, 5) is 24.6. The number of amides is 1. The highest BCUT2D eigenvalue weighted by molar-refractivity contribution is 5.84. The SMILES string of the molecule is Cc1ccc(CCCC(=O)N2CCCC2C(=O)O)cc1. The maximum atomic E-state index is 12.1. The number of carbonyl (C=O) groups excluding carboxylic acids is 1. The van der Waals surface area contributed by atoms with Crippen molar-refractivity contribution < 1.29 is 14.7 Å². The Balaban J connectivity index is 1.80. The molecule has 1 N–H and O–H groups in total. The highest BCUT2D eigenvalue weighted by atomic mass is 16.4. The van der Waals surface area contributed by atoms with Crippen LogP contribution in [0.15, 0.2) is 24.3 Å². The molecule has 4 nitrogen and oxygen atoms in total. The molecule has 0 saturated carbocycles. The molecule has 1 aromatic carbocycles. The fourth-order valence-corrected chi connectivity index (χ4v) is 2.66. The van der Waals surface area contributed by atoms with Crippen molar-refractivity contribution in [1.82, 2.24) is 4.90 Å². The van der Waals surface area contributed by atoms with Crippen LogP contribution in [0.25, 0.3) is 0 Å². The number of rotatable bonds is 5. The molecule has 1 saturated heterocycles. The summed E-state index contributed by atoms with van der Waals surface area (Å²) in [7, 11) is 0. The van der Waals surface area contributed by atoms with Crippen molar-refractivity contribution in [2.75, 3.05) is 6.54 Å². The summed E-state index contributed by atoms with van der Waals surface area (Å²) in [5, 5.41) is 9.07. The number of aryl methyl sites for hydroxylation is 2. The quantitative estimate of drug-likeness (QED) is 0.897. The molecule has 0 aliphatic carbocycles. The average molecular weight is 275 g/mol. The van der Waals surface area contributed by atoms with Gasteiger partial charge in [0.25, 0.3) is 0 Å². The van der Waals surface area contributed by atoms with Crippen molar-refractivity contribution in [1.29, 1.82) is 0 Å². The molecular weight excluding hydrogens is 254 g/mol. The third-order valence-electron chi connectivity index (χ3n) is 3.83. The Bertz CT molecular complexity index is 481. The number of carboxylic acid groups (broad SMARTS) is 1. The van der Waals surface area contributed by atoms with Gasteiger partial charge in [0.2, 0.25) is 5.91 Å². The maximum absolute atomic E-state index is 12.1. The van der Waals surface area contributed by atoms with E-state index in [0.717, 1.165) is 19.3 Å². The molecule has 1 unspecified atom stereocenters. The lowest BCUT2D eigenvalue weighted by Crippen LogP contribution is -2.40. The van der Waals surface area contributed by atoms with Gasteiger partial charge in [-0.2, -0.15) is 0 Å². The molecule has 1 aliphatic rings. The van der Waals surface area contributed by atoms with Crippen LogP contribution in [0, 0.1) is 6.92 Å². The van der Waals surface area contributed by atoms with Crippen molar-refractivity contribution >= 4 is 11.9 Å². The first-order valence-electron chi connectivity index (χ1n) is 7.16. The third-order valence-corrected chi connectivity index (χ3v) is 3.83. The molecular formula is C16H21NO3. The van der Waals surface area contributed by atoms with Gasteiger partial charge in [-0.3, -0.25) is 4.79 Å². The van der Waals surface area contributed by atoms with Crippen molar-refractivity contribution in [2.45, 2.75) is 45.1 Å². The van der Waals surface area contributed by atoms with E-state index in [-0.39, 0.29) is 5.91 Å². The number of carbonyl (C=O) groups is 2. The van der Waals surface area contributed by atoms with Crippen molar-refractivity contribution in [3.8, 4) is 0 Å². The summed E-state index contributed by atoms with van der Waals surface area (Å²) in [6.07, 6.45) is 3.43. The van der Waals surface area contributed by atoms with Crippen LogP contribution in [0.1, 0.15) is 36.8 Å². The predicted molar refractivity (Wildman–Crippen MR) is 76.5 cm³/mol. The molecule has 0 spiro atoms. The smallest absolute Gasteiger partial charge is 0.326 e. The van der Waals surface area contributed by atoms with Crippen molar-refractivity contribution in [3.63, 3.8) is 0 Å². The summed E-state index contributed by atoms with van der Waals surface area (Å²) < 4.78 is 0. The first kappa shape index (κ1) is 14.6. The molecule has 1 aromatic rings. The molecule has 0 aromatic heterocycles. The summed E-state index contributed by atoms with van der Waals surface area (Å²) in [5.74, 6) is -0.906. The molecule has 0 radical (unpaired) electrons. The number of hydrogen-bond acceptors (Lipinski definition) is 2. The van der Waals surface area contributed by atoms with E-state index in [1.54, 1.807) is 0 Å². The van der Waals surface area contributed by atoms with Crippen LogP contribution < -0.4 is 0 Å². The van der Waals surface area contributed by atoms with Gasteiger partial charge in [0.05, 0.1) is 0 Å². The molecule has 1 aliphatic heterocycles. The number of aliphatic carboxylic acids is 1. The van der Waals surface area contributed by atoms with Gasteiger partial charge in [0.1, 0.15) is 6.04 Å². The van der Waals surface area contributed by atoms with E-state index in [1.807, 2.05) is 6.92 Å². The van der Waals surface area contributed by atoms with Crippen LogP contribution in [0.2, 0.25) is 0 Å². The Morgan fingerprint density at radius 2 is 2.00 bits per heavy atom. The van der Waals surface area contributed by atoms with Crippen molar-refractivity contribution in [2.24, 2.45) is 0 Å². The largest absolute Gasteiger partial charge is 0.480 e. The van der Waals surface area contributed by atoms with Gasteiger partial charge in [-0.1, -0.05) is 29.8 Å². The highest BCUT2D eigenvalue weighted by Crippen LogP contribution is 2.19. The lowest BCUT2D eigenvalue weighted by Gasteiger charge is -2.21. The number of likely N-dealkylation sites (tertiary alicyclic amines) is 1. The van der Waals surface area contributed by atoms with E-state index in [1.165, 1.54) is 16.0 Å². The lowest BCUT2D eigenvalue weighted by atomic mass is 10.1. The fourth-order valence-electron chi connectivity index (χ4n) is 2.66. The van der Waals surface area contributed by atoms with Crippen molar-refractivity contribution in [3.05, 3.63) is 35.4 Å². The van der Waals surface area contributed by atoms with Gasteiger partial charge >= 0.3 is 5.97 Å². The second kappa shape index (κ2) is 6.55. The molecule has 108 valence electrons. The monoisotopic (exact) mass is 275 g/mol. The van der Waals surface area contributed by atoms with Gasteiger partial charge in [0, 0.05) is 13.0 Å². The standard InChI is InChI=1S/C16H21NO3/c1-12-7-9-13(10-8-12)4-2-6-15(18)17-11-3-5-14(17)16(19)20/h7-10,14H,2-6,11H2,1H3,(H,19,20). The topological polar surface area (TPSA) is 57.6 Å². The van der Waals surface area contributed by atoms with Gasteiger partial charge < -0.3 is 10.0 Å². The lowest BCUT2D eigenvalue weighted by molar-refractivity contribution is -0.148. The second-order valence-corrected chi connectivity index (χ2v) is 5.42. The molecule has 1 atom stereocenters. The molecule has 1 fully saturated rings. The van der Waals surface area contributed by atoms with Crippen LogP contribution in [-0.4, -0.2) is 34.5 Å². The van der Waals surface area contributed by atoms with Gasteiger partial charge in [-0.05, 0) is 38.2 Å². The van der Waals surface area contributed by atoms with E-state index >= 15 is 0 Å². The van der Waals surface area contributed by atoms with Crippen LogP contribution >= 0.6 is 0 Å². The summed E-state index contributed by atoms with van der Waals surface area (Å²) in [5.41, 5.74) is 2.45. The number of nitrogens with zero attached hydrogens (tertiary/aromatic N) is 1. The van der Waals surface area contributed by atoms with E-state index in [9.17, 15) is 9.59 Å². The summed E-state index contributed by atoms with van der Waals surface area (Å²) in [6.45, 7) is 2.63. The first-order chi connectivity index (χ1) is 9.58. The highest BCUT2D eigenvalue weighted by Gasteiger charge is 2.33. The molecule has 0 bridgehead atoms. The van der Waals surface area contributed by atoms with Gasteiger partial charge in [0.15, 0.2) is 0 Å². The van der Waals surface area contributed by atoms with E-state index in [4.69, 9.17) is 5.11 Å². The number of carboxylic acids is 1. The number of benzene rings is 1. The Kier molecular flexibility index (Phi) is 4.77. The minimum Gasteiger partial charge on any atom is -0.480 e. The second-order valence-electron chi connectivity index (χ2n) is 5.42. The van der Waals surface area contributed by atoms with E-state index in [0.29, 0.717) is 19.4 Å². The number of hydrogen-bond donors (Lipinski definition) is 1. The summed E-state index contributed by atoms with van der Waals surface area (Å²) >= 11 is 0. The fraction of sp³-hybridized carbons (Fsp3) is 0.500. The zero-order valence-corrected chi connectivity index (χ0v) is 11.8. The normalized spacial score (nSPS) is 18.2. The molecule has 1 heterocycles. The van der Waals surface area contributed by atoms with Crippen LogP contribution in [0.4, 0.5) is 0 Å². The van der Waals surface area contributed by atoms with Crippen LogP contribution in [0.3, 0.4) is 0 Å². The van der Waals surface area contributed by atoms with Gasteiger partial charge in [-0.15, -0.1) is 0 Å². The Labute approximate surface area is 119 Å². The zero-order valence-electron chi connectivity index (χ0n) is 11.8. The van der Waals surface area contributed by atoms with Gasteiger partial charge in [-0.25, -0.2) is 4.79 Å². The minimum atomic E-state index is -0.880. The Hall–Kier alpha value is -1.84. The Morgan fingerprint density at radius 3 is 2.65 bits per heavy atom. The first-order valence-corrected chi connectivity index (χ1v) is 7.16. The molecule has 2 rings (SSSR count). The van der Waals surface area contributed by atoms with Crippen LogP contribution in [-0.2, 0) is 16.0 Å². The molecule has 4 heteroatoms. The average Bonchev–Trinajstić information content (AvgIpc) is 2.90. The zero-order chi connectivity index (χ0) is 14.5.